The molecule has 2 nitrogen and oxygen atoms in total. The van der Waals surface area contributed by atoms with Crippen molar-refractivity contribution in [2.45, 2.75) is 66.2 Å². The lowest BCUT2D eigenvalue weighted by molar-refractivity contribution is -0.0171. The normalized spacial score (nSPS) is 17.1. The van der Waals surface area contributed by atoms with E-state index in [0.29, 0.717) is 12.0 Å². The predicted octanol–water partition coefficient (Wildman–Crippen LogP) is 2.82. The van der Waals surface area contributed by atoms with Crippen LogP contribution in [0.15, 0.2) is 0 Å². The molecule has 0 radical (unpaired) electrons. The first-order chi connectivity index (χ1) is 6.22. The van der Waals surface area contributed by atoms with Gasteiger partial charge in [0.2, 0.25) is 0 Å². The third-order valence-electron chi connectivity index (χ3n) is 2.31. The Hall–Kier alpha value is -0.0800. The zero-order valence-corrected chi connectivity index (χ0v) is 10.8. The first-order valence-corrected chi connectivity index (χ1v) is 5.63. The van der Waals surface area contributed by atoms with E-state index in [0.717, 1.165) is 6.54 Å². The highest BCUT2D eigenvalue weighted by atomic mass is 16.5. The van der Waals surface area contributed by atoms with Crippen molar-refractivity contribution in [2.75, 3.05) is 6.54 Å². The monoisotopic (exact) mass is 201 g/mol. The number of nitrogens with one attached hydrogen (secondary N) is 1. The molecule has 0 aliphatic rings. The lowest BCUT2D eigenvalue weighted by Gasteiger charge is -2.26. The summed E-state index contributed by atoms with van der Waals surface area (Å²) in [6, 6.07) is 0. The van der Waals surface area contributed by atoms with Crippen molar-refractivity contribution in [2.24, 2.45) is 5.92 Å². The van der Waals surface area contributed by atoms with E-state index in [1.165, 1.54) is 0 Å². The molecule has 14 heavy (non-hydrogen) atoms. The van der Waals surface area contributed by atoms with E-state index in [4.69, 9.17) is 4.74 Å². The number of hydrogen-bond acceptors (Lipinski definition) is 2. The van der Waals surface area contributed by atoms with Gasteiger partial charge in [-0.1, -0.05) is 13.8 Å². The van der Waals surface area contributed by atoms with Gasteiger partial charge in [0.15, 0.2) is 0 Å². The van der Waals surface area contributed by atoms with Crippen molar-refractivity contribution < 1.29 is 4.74 Å². The van der Waals surface area contributed by atoms with Crippen LogP contribution in [0.25, 0.3) is 0 Å². The molecule has 0 bridgehead atoms. The van der Waals surface area contributed by atoms with Crippen LogP contribution in [0.3, 0.4) is 0 Å². The van der Waals surface area contributed by atoms with Gasteiger partial charge in [0.05, 0.1) is 12.2 Å². The highest BCUT2D eigenvalue weighted by Gasteiger charge is 2.14. The Morgan fingerprint density at radius 1 is 1.07 bits per heavy atom. The van der Waals surface area contributed by atoms with Crippen LogP contribution in [0.4, 0.5) is 0 Å². The molecular weight excluding hydrogens is 174 g/mol. The first-order valence-electron chi connectivity index (χ1n) is 5.63. The Balaban J connectivity index is 3.71. The minimum atomic E-state index is 0.179. The van der Waals surface area contributed by atoms with Crippen molar-refractivity contribution in [3.63, 3.8) is 0 Å². The fourth-order valence-corrected chi connectivity index (χ4v) is 1.02. The topological polar surface area (TPSA) is 21.3 Å². The van der Waals surface area contributed by atoms with Crippen molar-refractivity contribution in [1.29, 1.82) is 0 Å². The van der Waals surface area contributed by atoms with Crippen LogP contribution >= 0.6 is 0 Å². The minimum absolute atomic E-state index is 0.179. The largest absolute Gasteiger partial charge is 0.374 e. The molecular formula is C12H27NO. The van der Waals surface area contributed by atoms with Gasteiger partial charge in [0.25, 0.3) is 0 Å². The molecule has 0 fully saturated rings. The van der Waals surface area contributed by atoms with E-state index in [9.17, 15) is 0 Å². The van der Waals surface area contributed by atoms with E-state index in [2.05, 4.69) is 53.8 Å². The highest BCUT2D eigenvalue weighted by Crippen LogP contribution is 2.08. The average Bonchev–Trinajstić information content (AvgIpc) is 1.99. The summed E-state index contributed by atoms with van der Waals surface area (Å²) in [5.41, 5.74) is 0.179. The molecule has 0 aromatic carbocycles. The van der Waals surface area contributed by atoms with E-state index >= 15 is 0 Å². The maximum atomic E-state index is 5.84. The molecule has 0 aromatic heterocycles. The SMILES string of the molecule is CC(CNC(C)(C)C)OC(C)C(C)C. The molecule has 2 unspecified atom stereocenters. The van der Waals surface area contributed by atoms with Crippen LogP contribution in [-0.2, 0) is 4.74 Å². The Morgan fingerprint density at radius 2 is 1.57 bits per heavy atom. The number of hydrogen-bond donors (Lipinski definition) is 1. The van der Waals surface area contributed by atoms with Gasteiger partial charge in [-0.05, 0) is 40.5 Å². The van der Waals surface area contributed by atoms with Crippen LogP contribution in [0.1, 0.15) is 48.5 Å². The molecule has 0 aromatic rings. The van der Waals surface area contributed by atoms with Gasteiger partial charge in [0.1, 0.15) is 0 Å². The van der Waals surface area contributed by atoms with Crippen LogP contribution in [0, 0.1) is 5.92 Å². The van der Waals surface area contributed by atoms with Crippen LogP contribution in [0.5, 0.6) is 0 Å². The highest BCUT2D eigenvalue weighted by molar-refractivity contribution is 4.72. The lowest BCUT2D eigenvalue weighted by Crippen LogP contribution is -2.41. The fraction of sp³-hybridized carbons (Fsp3) is 1.00. The van der Waals surface area contributed by atoms with Gasteiger partial charge in [0, 0.05) is 12.1 Å². The van der Waals surface area contributed by atoms with E-state index in [1.54, 1.807) is 0 Å². The molecule has 0 spiro atoms. The molecule has 0 amide bonds. The summed E-state index contributed by atoms with van der Waals surface area (Å²) in [5, 5.41) is 3.44. The zero-order chi connectivity index (χ0) is 11.4. The standard InChI is InChI=1S/C12H27NO/c1-9(2)11(4)14-10(3)8-13-12(5,6)7/h9-11,13H,8H2,1-7H3. The smallest absolute Gasteiger partial charge is 0.0675 e. The molecule has 0 heterocycles. The maximum absolute atomic E-state index is 5.84. The minimum Gasteiger partial charge on any atom is -0.374 e. The third-order valence-corrected chi connectivity index (χ3v) is 2.31. The van der Waals surface area contributed by atoms with Crippen molar-refractivity contribution in [3.8, 4) is 0 Å². The molecule has 2 heteroatoms. The quantitative estimate of drug-likeness (QED) is 0.738. The second kappa shape index (κ2) is 5.72. The summed E-state index contributed by atoms with van der Waals surface area (Å²) in [6.45, 7) is 16.1. The first kappa shape index (κ1) is 13.9. The second-order valence-corrected chi connectivity index (χ2v) is 5.53. The Morgan fingerprint density at radius 3 is 1.93 bits per heavy atom. The van der Waals surface area contributed by atoms with Crippen molar-refractivity contribution in [3.05, 3.63) is 0 Å². The Bertz CT molecular complexity index is 149. The molecule has 1 N–H and O–H groups in total. The predicted molar refractivity (Wildman–Crippen MR) is 62.6 cm³/mol. The van der Waals surface area contributed by atoms with E-state index < -0.39 is 0 Å². The van der Waals surface area contributed by atoms with Crippen molar-refractivity contribution >= 4 is 0 Å². The summed E-state index contributed by atoms with van der Waals surface area (Å²) < 4.78 is 5.84. The van der Waals surface area contributed by atoms with Crippen LogP contribution < -0.4 is 5.32 Å². The molecule has 0 aliphatic carbocycles. The number of rotatable bonds is 5. The van der Waals surface area contributed by atoms with Gasteiger partial charge >= 0.3 is 0 Å². The lowest BCUT2D eigenvalue weighted by atomic mass is 10.1. The van der Waals surface area contributed by atoms with E-state index in [-0.39, 0.29) is 11.6 Å². The van der Waals surface area contributed by atoms with Gasteiger partial charge in [-0.25, -0.2) is 0 Å². The summed E-state index contributed by atoms with van der Waals surface area (Å²) in [7, 11) is 0. The van der Waals surface area contributed by atoms with Gasteiger partial charge in [-0.15, -0.1) is 0 Å². The molecule has 0 saturated carbocycles. The summed E-state index contributed by atoms with van der Waals surface area (Å²) in [6.07, 6.45) is 0.624. The van der Waals surface area contributed by atoms with Gasteiger partial charge in [-0.3, -0.25) is 0 Å². The molecule has 0 rings (SSSR count). The average molecular weight is 201 g/mol. The molecule has 86 valence electrons. The summed E-state index contributed by atoms with van der Waals surface area (Å²) in [5.74, 6) is 0.590. The maximum Gasteiger partial charge on any atom is 0.0675 e. The Labute approximate surface area is 89.4 Å². The van der Waals surface area contributed by atoms with Crippen LogP contribution in [-0.4, -0.2) is 24.3 Å². The zero-order valence-electron chi connectivity index (χ0n) is 10.8. The fourth-order valence-electron chi connectivity index (χ4n) is 1.02. The van der Waals surface area contributed by atoms with Crippen molar-refractivity contribution in [1.82, 2.24) is 5.32 Å². The second-order valence-electron chi connectivity index (χ2n) is 5.53. The molecule has 0 saturated heterocycles. The van der Waals surface area contributed by atoms with E-state index in [1.807, 2.05) is 0 Å². The van der Waals surface area contributed by atoms with Gasteiger partial charge in [-0.2, -0.15) is 0 Å². The molecule has 0 aliphatic heterocycles. The summed E-state index contributed by atoms with van der Waals surface area (Å²) >= 11 is 0. The molecule has 2 atom stereocenters. The summed E-state index contributed by atoms with van der Waals surface area (Å²) in [4.78, 5) is 0. The Kier molecular flexibility index (Phi) is 5.68. The van der Waals surface area contributed by atoms with Crippen LogP contribution in [0.2, 0.25) is 0 Å². The number of ether oxygens (including phenoxy) is 1. The van der Waals surface area contributed by atoms with Gasteiger partial charge < -0.3 is 10.1 Å². The third kappa shape index (κ3) is 7.34.